The van der Waals surface area contributed by atoms with Gasteiger partial charge in [0.05, 0.1) is 12.6 Å². The fourth-order valence-corrected chi connectivity index (χ4v) is 3.66. The molecule has 3 heterocycles. The van der Waals surface area contributed by atoms with Crippen molar-refractivity contribution < 1.29 is 9.15 Å². The number of hydrogen-bond donors (Lipinski definition) is 0. The van der Waals surface area contributed by atoms with E-state index in [2.05, 4.69) is 33.3 Å². The van der Waals surface area contributed by atoms with Crippen LogP contribution in [0.1, 0.15) is 49.6 Å². The lowest BCUT2D eigenvalue weighted by Gasteiger charge is -2.33. The van der Waals surface area contributed by atoms with Crippen LogP contribution in [0.5, 0.6) is 0 Å². The minimum atomic E-state index is 0.289. The van der Waals surface area contributed by atoms with E-state index in [1.165, 1.54) is 24.4 Å². The van der Waals surface area contributed by atoms with Gasteiger partial charge in [-0.3, -0.25) is 0 Å². The van der Waals surface area contributed by atoms with Gasteiger partial charge in [-0.2, -0.15) is 4.37 Å². The third-order valence-electron chi connectivity index (χ3n) is 4.09. The average molecular weight is 321 g/mol. The minimum Gasteiger partial charge on any atom is -0.464 e. The van der Waals surface area contributed by atoms with Gasteiger partial charge >= 0.3 is 0 Å². The van der Waals surface area contributed by atoms with Gasteiger partial charge in [-0.05, 0) is 31.4 Å². The Kier molecular flexibility index (Phi) is 5.10. The Morgan fingerprint density at radius 2 is 2.32 bits per heavy atom. The van der Waals surface area contributed by atoms with Gasteiger partial charge in [-0.15, -0.1) is 0 Å². The lowest BCUT2D eigenvalue weighted by atomic mass is 10.0. The van der Waals surface area contributed by atoms with Crippen molar-refractivity contribution in [2.24, 2.45) is 0 Å². The highest BCUT2D eigenvalue weighted by Crippen LogP contribution is 2.36. The number of hydrogen-bond acceptors (Lipinski definition) is 6. The summed E-state index contributed by atoms with van der Waals surface area (Å²) in [6, 6.07) is 4.50. The fourth-order valence-electron chi connectivity index (χ4n) is 2.88. The van der Waals surface area contributed by atoms with Gasteiger partial charge in [0.25, 0.3) is 0 Å². The van der Waals surface area contributed by atoms with E-state index in [9.17, 15) is 0 Å². The maximum Gasteiger partial charge on any atom is 0.205 e. The van der Waals surface area contributed by atoms with Gasteiger partial charge in [0.15, 0.2) is 0 Å². The average Bonchev–Trinajstić information content (AvgIpc) is 3.22. The molecule has 2 aromatic heterocycles. The van der Waals surface area contributed by atoms with Gasteiger partial charge in [0.2, 0.25) is 5.13 Å². The number of methoxy groups -OCH3 is 1. The molecule has 0 bridgehead atoms. The van der Waals surface area contributed by atoms with Crippen LogP contribution in [0, 0.1) is 0 Å². The van der Waals surface area contributed by atoms with Gasteiger partial charge in [-0.25, -0.2) is 4.98 Å². The van der Waals surface area contributed by atoms with Crippen LogP contribution in [-0.4, -0.2) is 29.6 Å². The molecule has 1 saturated heterocycles. The summed E-state index contributed by atoms with van der Waals surface area (Å²) in [7, 11) is 1.70. The van der Waals surface area contributed by atoms with Gasteiger partial charge in [0, 0.05) is 38.0 Å². The second-order valence-corrected chi connectivity index (χ2v) is 6.33. The van der Waals surface area contributed by atoms with Crippen LogP contribution in [0.4, 0.5) is 5.13 Å². The van der Waals surface area contributed by atoms with Crippen molar-refractivity contribution in [3.8, 4) is 0 Å². The molecule has 1 fully saturated rings. The summed E-state index contributed by atoms with van der Waals surface area (Å²) in [5.41, 5.74) is 0. The van der Waals surface area contributed by atoms with Gasteiger partial charge in [-0.1, -0.05) is 6.92 Å². The van der Waals surface area contributed by atoms with E-state index in [0.29, 0.717) is 6.61 Å². The number of rotatable bonds is 6. The number of furan rings is 1. The van der Waals surface area contributed by atoms with Crippen LogP contribution >= 0.6 is 11.5 Å². The SMILES string of the molecule is CCc1ccc(C2CCCCN2c2nc(CCOC)ns2)o1. The van der Waals surface area contributed by atoms with Crippen molar-refractivity contribution in [1.82, 2.24) is 9.36 Å². The van der Waals surface area contributed by atoms with E-state index < -0.39 is 0 Å². The highest BCUT2D eigenvalue weighted by atomic mass is 32.1. The lowest BCUT2D eigenvalue weighted by Crippen LogP contribution is -2.33. The van der Waals surface area contributed by atoms with Crippen molar-refractivity contribution in [2.45, 2.75) is 45.1 Å². The normalized spacial score (nSPS) is 18.8. The number of aryl methyl sites for hydroxylation is 1. The highest BCUT2D eigenvalue weighted by molar-refractivity contribution is 7.09. The summed E-state index contributed by atoms with van der Waals surface area (Å²) in [6.45, 7) is 3.80. The predicted octanol–water partition coefficient (Wildman–Crippen LogP) is 3.61. The van der Waals surface area contributed by atoms with Crippen LogP contribution in [0.3, 0.4) is 0 Å². The molecule has 1 aliphatic rings. The molecule has 0 amide bonds. The second kappa shape index (κ2) is 7.24. The molecule has 0 saturated carbocycles. The Labute approximate surface area is 135 Å². The first-order chi connectivity index (χ1) is 10.8. The first-order valence-electron chi connectivity index (χ1n) is 7.98. The van der Waals surface area contributed by atoms with Crippen molar-refractivity contribution in [1.29, 1.82) is 0 Å². The summed E-state index contributed by atoms with van der Waals surface area (Å²) in [6.07, 6.45) is 5.26. The summed E-state index contributed by atoms with van der Waals surface area (Å²) in [5.74, 6) is 2.99. The van der Waals surface area contributed by atoms with Gasteiger partial charge in [0.1, 0.15) is 17.3 Å². The molecule has 1 atom stereocenters. The molecule has 1 unspecified atom stereocenters. The zero-order valence-electron chi connectivity index (χ0n) is 13.2. The van der Waals surface area contributed by atoms with Crippen LogP contribution in [0.15, 0.2) is 16.5 Å². The molecule has 120 valence electrons. The van der Waals surface area contributed by atoms with E-state index in [4.69, 9.17) is 9.15 Å². The van der Waals surface area contributed by atoms with Crippen LogP contribution in [-0.2, 0) is 17.6 Å². The summed E-state index contributed by atoms with van der Waals surface area (Å²) in [4.78, 5) is 7.04. The molecule has 6 heteroatoms. The largest absolute Gasteiger partial charge is 0.464 e. The summed E-state index contributed by atoms with van der Waals surface area (Å²) < 4.78 is 15.5. The highest BCUT2D eigenvalue weighted by Gasteiger charge is 2.29. The van der Waals surface area contributed by atoms with Crippen LogP contribution in [0.25, 0.3) is 0 Å². The fraction of sp³-hybridized carbons (Fsp3) is 0.625. The maximum absolute atomic E-state index is 5.99. The quantitative estimate of drug-likeness (QED) is 0.813. The molecule has 2 aromatic rings. The monoisotopic (exact) mass is 321 g/mol. The minimum absolute atomic E-state index is 0.289. The topological polar surface area (TPSA) is 51.4 Å². The Morgan fingerprint density at radius 1 is 1.41 bits per heavy atom. The molecular weight excluding hydrogens is 298 g/mol. The van der Waals surface area contributed by atoms with Crippen molar-refractivity contribution >= 4 is 16.7 Å². The first-order valence-corrected chi connectivity index (χ1v) is 8.76. The molecule has 1 aliphatic heterocycles. The third kappa shape index (κ3) is 3.33. The molecule has 5 nitrogen and oxygen atoms in total. The van der Waals surface area contributed by atoms with Crippen molar-refractivity contribution in [2.75, 3.05) is 25.2 Å². The molecule has 0 aromatic carbocycles. The van der Waals surface area contributed by atoms with Gasteiger partial charge < -0.3 is 14.1 Å². The standard InChI is InChI=1S/C16H23N3O2S/c1-3-12-7-8-14(21-12)13-6-4-5-10-19(13)16-17-15(18-22-16)9-11-20-2/h7-8,13H,3-6,9-11H2,1-2H3. The number of piperidine rings is 1. The molecule has 0 radical (unpaired) electrons. The number of aromatic nitrogens is 2. The number of ether oxygens (including phenoxy) is 1. The second-order valence-electron chi connectivity index (χ2n) is 5.60. The molecule has 0 aliphatic carbocycles. The molecule has 3 rings (SSSR count). The van der Waals surface area contributed by atoms with Crippen LogP contribution in [0.2, 0.25) is 0 Å². The Balaban J connectivity index is 1.78. The zero-order valence-corrected chi connectivity index (χ0v) is 14.1. The smallest absolute Gasteiger partial charge is 0.205 e. The Hall–Kier alpha value is -1.40. The van der Waals surface area contributed by atoms with E-state index in [1.54, 1.807) is 7.11 Å². The number of nitrogens with zero attached hydrogens (tertiary/aromatic N) is 3. The predicted molar refractivity (Wildman–Crippen MR) is 87.5 cm³/mol. The van der Waals surface area contributed by atoms with E-state index >= 15 is 0 Å². The lowest BCUT2D eigenvalue weighted by molar-refractivity contribution is 0.201. The van der Waals surface area contributed by atoms with E-state index in [0.717, 1.165) is 48.3 Å². The van der Waals surface area contributed by atoms with Crippen LogP contribution < -0.4 is 4.90 Å². The van der Waals surface area contributed by atoms with Crippen molar-refractivity contribution in [3.05, 3.63) is 29.5 Å². The van der Waals surface area contributed by atoms with E-state index in [1.807, 2.05) is 0 Å². The zero-order chi connectivity index (χ0) is 15.4. The maximum atomic E-state index is 5.99. The Bertz CT molecular complexity index is 596. The summed E-state index contributed by atoms with van der Waals surface area (Å²) >= 11 is 1.49. The first kappa shape index (κ1) is 15.5. The Morgan fingerprint density at radius 3 is 3.09 bits per heavy atom. The molecule has 0 N–H and O–H groups in total. The third-order valence-corrected chi connectivity index (χ3v) is 4.89. The van der Waals surface area contributed by atoms with E-state index in [-0.39, 0.29) is 6.04 Å². The molecule has 22 heavy (non-hydrogen) atoms. The summed E-state index contributed by atoms with van der Waals surface area (Å²) in [5, 5.41) is 1.00. The molecule has 0 spiro atoms. The number of anilines is 1. The van der Waals surface area contributed by atoms with Crippen molar-refractivity contribution in [3.63, 3.8) is 0 Å². The molecular formula is C16H23N3O2S.